The van der Waals surface area contributed by atoms with Crippen LogP contribution in [-0.4, -0.2) is 36.1 Å². The summed E-state index contributed by atoms with van der Waals surface area (Å²) in [4.78, 5) is 29.4. The minimum atomic E-state index is -0.700. The molecule has 2 aromatic carbocycles. The minimum Gasteiger partial charge on any atom is -0.354 e. The summed E-state index contributed by atoms with van der Waals surface area (Å²) in [6, 6.07) is 22.2. The van der Waals surface area contributed by atoms with Crippen LogP contribution < -0.4 is 21.8 Å². The van der Waals surface area contributed by atoms with Crippen molar-refractivity contribution in [2.75, 3.05) is 13.1 Å². The highest BCUT2D eigenvalue weighted by Gasteiger charge is 2.21. The van der Waals surface area contributed by atoms with Crippen molar-refractivity contribution in [3.05, 3.63) is 101 Å². The van der Waals surface area contributed by atoms with Gasteiger partial charge in [0.15, 0.2) is 0 Å². The monoisotopic (exact) mass is 480 g/mol. The number of carbonyl (C=O) groups excluding carboxylic acids is 2. The maximum Gasteiger partial charge on any atom is 0.243 e. The molecule has 0 bridgehead atoms. The summed E-state index contributed by atoms with van der Waals surface area (Å²) in [5.74, 6) is 4.61. The average molecular weight is 481 g/mol. The molecule has 0 aliphatic rings. The number of aromatic nitrogens is 1. The van der Waals surface area contributed by atoms with E-state index in [4.69, 9.17) is 5.84 Å². The molecule has 0 spiro atoms. The molecule has 3 rings (SSSR count). The number of carbonyl (C=O) groups is 2. The van der Waals surface area contributed by atoms with Gasteiger partial charge in [-0.2, -0.15) is 5.10 Å². The van der Waals surface area contributed by atoms with Crippen LogP contribution in [0.25, 0.3) is 0 Å². The molecule has 0 aliphatic heterocycles. The van der Waals surface area contributed by atoms with E-state index >= 15 is 0 Å². The van der Waals surface area contributed by atoms with Gasteiger partial charge in [-0.25, -0.2) is 0 Å². The Morgan fingerprint density at radius 3 is 2.35 bits per heavy atom. The summed E-state index contributed by atoms with van der Waals surface area (Å²) in [7, 11) is 0. The van der Waals surface area contributed by atoms with Gasteiger partial charge in [-0.15, -0.1) is 12.4 Å². The van der Waals surface area contributed by atoms with Gasteiger partial charge in [0.1, 0.15) is 6.04 Å². The van der Waals surface area contributed by atoms with Gasteiger partial charge >= 0.3 is 0 Å². The number of nitrogens with two attached hydrogens (primary N) is 1. The van der Waals surface area contributed by atoms with Crippen molar-refractivity contribution in [2.45, 2.75) is 19.0 Å². The van der Waals surface area contributed by atoms with Crippen LogP contribution in [0.5, 0.6) is 0 Å². The van der Waals surface area contributed by atoms with E-state index in [1.807, 2.05) is 60.7 Å². The Hall–Kier alpha value is -3.75. The third-order valence-corrected chi connectivity index (χ3v) is 4.96. The summed E-state index contributed by atoms with van der Waals surface area (Å²) < 4.78 is 0. The lowest BCUT2D eigenvalue weighted by molar-refractivity contribution is -0.127. The number of benzene rings is 2. The third-order valence-electron chi connectivity index (χ3n) is 4.96. The number of rotatable bonds is 11. The molecule has 1 unspecified atom stereocenters. The van der Waals surface area contributed by atoms with Crippen molar-refractivity contribution < 1.29 is 9.59 Å². The van der Waals surface area contributed by atoms with Crippen LogP contribution in [-0.2, 0) is 22.6 Å². The molecule has 0 saturated heterocycles. The first-order valence-electron chi connectivity index (χ1n) is 10.7. The molecule has 8 nitrogen and oxygen atoms in total. The zero-order valence-corrected chi connectivity index (χ0v) is 19.5. The van der Waals surface area contributed by atoms with Crippen molar-refractivity contribution in [3.63, 3.8) is 0 Å². The lowest BCUT2D eigenvalue weighted by Crippen LogP contribution is -2.43. The van der Waals surface area contributed by atoms with E-state index in [2.05, 4.69) is 26.0 Å². The molecule has 0 saturated carbocycles. The summed E-state index contributed by atoms with van der Waals surface area (Å²) in [6.07, 6.45) is 3.93. The van der Waals surface area contributed by atoms with Crippen LogP contribution in [0.3, 0.4) is 0 Å². The zero-order chi connectivity index (χ0) is 23.3. The predicted molar refractivity (Wildman–Crippen MR) is 135 cm³/mol. The number of hydrazone groups is 1. The van der Waals surface area contributed by atoms with Gasteiger partial charge in [-0.1, -0.05) is 60.7 Å². The summed E-state index contributed by atoms with van der Waals surface area (Å²) in [5, 5.41) is 12.3. The number of amides is 2. The Labute approximate surface area is 205 Å². The molecule has 0 radical (unpaired) electrons. The number of nitrogens with zero attached hydrogens (tertiary/aromatic N) is 2. The molecule has 1 heterocycles. The topological polar surface area (TPSA) is 121 Å². The van der Waals surface area contributed by atoms with Crippen molar-refractivity contribution in [3.8, 4) is 0 Å². The summed E-state index contributed by atoms with van der Waals surface area (Å²) >= 11 is 0. The quantitative estimate of drug-likeness (QED) is 0.190. The molecule has 5 N–H and O–H groups in total. The van der Waals surface area contributed by atoms with Gasteiger partial charge in [-0.3, -0.25) is 19.9 Å². The van der Waals surface area contributed by atoms with Crippen LogP contribution in [0.4, 0.5) is 0 Å². The Morgan fingerprint density at radius 1 is 0.941 bits per heavy atom. The lowest BCUT2D eigenvalue weighted by atomic mass is 10.1. The maximum absolute atomic E-state index is 12.9. The Kier molecular flexibility index (Phi) is 11.2. The van der Waals surface area contributed by atoms with E-state index in [1.165, 1.54) is 0 Å². The van der Waals surface area contributed by atoms with Crippen LogP contribution >= 0.6 is 12.4 Å². The number of halogens is 1. The van der Waals surface area contributed by atoms with Crippen LogP contribution in [0.1, 0.15) is 28.4 Å². The van der Waals surface area contributed by atoms with Gasteiger partial charge < -0.3 is 16.5 Å². The van der Waals surface area contributed by atoms with Crippen LogP contribution in [0.2, 0.25) is 0 Å². The number of nitrogens with one attached hydrogen (secondary N) is 3. The molecule has 3 aromatic rings. The maximum atomic E-state index is 12.9. The Bertz CT molecular complexity index is 1050. The van der Waals surface area contributed by atoms with Crippen LogP contribution in [0.15, 0.2) is 84.1 Å². The molecule has 178 valence electrons. The highest BCUT2D eigenvalue weighted by molar-refractivity contribution is 5.88. The standard InChI is InChI=1S/C25H28N6O2.ClH/c26-31-17-21-11-9-20(10-12-21)16-29-24(22-8-4-5-14-27-22)25(33)30-18-23(32)28-15-13-19-6-2-1-3-7-19;/h1-12,14,17,24,29H,13,15-16,18,26H2,(H,28,32)(H,30,33);1H. The summed E-state index contributed by atoms with van der Waals surface area (Å²) in [6.45, 7) is 0.842. The van der Waals surface area contributed by atoms with Gasteiger partial charge in [0.25, 0.3) is 0 Å². The predicted octanol–water partition coefficient (Wildman–Crippen LogP) is 2.10. The average Bonchev–Trinajstić information content (AvgIpc) is 2.85. The zero-order valence-electron chi connectivity index (χ0n) is 18.7. The van der Waals surface area contributed by atoms with Crippen molar-refractivity contribution in [2.24, 2.45) is 10.9 Å². The first-order valence-corrected chi connectivity index (χ1v) is 10.7. The van der Waals surface area contributed by atoms with E-state index in [0.717, 1.165) is 23.1 Å². The van der Waals surface area contributed by atoms with E-state index in [-0.39, 0.29) is 30.8 Å². The lowest BCUT2D eigenvalue weighted by Gasteiger charge is -2.18. The van der Waals surface area contributed by atoms with E-state index < -0.39 is 6.04 Å². The highest BCUT2D eigenvalue weighted by atomic mass is 35.5. The van der Waals surface area contributed by atoms with Crippen molar-refractivity contribution in [1.29, 1.82) is 0 Å². The molecule has 2 amide bonds. The Morgan fingerprint density at radius 2 is 1.68 bits per heavy atom. The second-order valence-electron chi connectivity index (χ2n) is 7.39. The molecule has 34 heavy (non-hydrogen) atoms. The highest BCUT2D eigenvalue weighted by Crippen LogP contribution is 2.12. The van der Waals surface area contributed by atoms with Gasteiger partial charge in [0.2, 0.25) is 11.8 Å². The second kappa shape index (κ2) is 14.4. The fourth-order valence-corrected chi connectivity index (χ4v) is 3.23. The third kappa shape index (κ3) is 8.65. The molecular weight excluding hydrogens is 452 g/mol. The van der Waals surface area contributed by atoms with Crippen molar-refractivity contribution >= 4 is 30.4 Å². The molecular formula is C25H29ClN6O2. The molecule has 9 heteroatoms. The first-order chi connectivity index (χ1) is 16.2. The number of pyridine rings is 1. The number of hydrogen-bond acceptors (Lipinski definition) is 6. The SMILES string of the molecule is Cl.NN=Cc1ccc(CNC(C(=O)NCC(=O)NCCc2ccccc2)c2ccccn2)cc1. The fourth-order valence-electron chi connectivity index (χ4n) is 3.23. The molecule has 1 atom stereocenters. The fraction of sp³-hybridized carbons (Fsp3) is 0.200. The normalized spacial score (nSPS) is 11.4. The van der Waals surface area contributed by atoms with E-state index in [9.17, 15) is 9.59 Å². The van der Waals surface area contributed by atoms with E-state index in [0.29, 0.717) is 18.8 Å². The molecule has 0 fully saturated rings. The first kappa shape index (κ1) is 26.5. The van der Waals surface area contributed by atoms with Crippen molar-refractivity contribution in [1.82, 2.24) is 20.9 Å². The smallest absolute Gasteiger partial charge is 0.243 e. The Balaban J connectivity index is 0.00000408. The van der Waals surface area contributed by atoms with Gasteiger partial charge in [0.05, 0.1) is 18.5 Å². The van der Waals surface area contributed by atoms with E-state index in [1.54, 1.807) is 24.5 Å². The number of hydrogen-bond donors (Lipinski definition) is 4. The minimum absolute atomic E-state index is 0. The van der Waals surface area contributed by atoms with Crippen LogP contribution in [0, 0.1) is 0 Å². The molecule has 1 aromatic heterocycles. The second-order valence-corrected chi connectivity index (χ2v) is 7.39. The van der Waals surface area contributed by atoms with Gasteiger partial charge in [-0.05, 0) is 35.2 Å². The summed E-state index contributed by atoms with van der Waals surface area (Å²) in [5.41, 5.74) is 3.59. The molecule has 0 aliphatic carbocycles. The van der Waals surface area contributed by atoms with Gasteiger partial charge in [0, 0.05) is 19.3 Å². The largest absolute Gasteiger partial charge is 0.354 e.